The molecular formula is C10H8BrN5O. The van der Waals surface area contributed by atoms with Crippen LogP contribution in [0.25, 0.3) is 10.5 Å². The van der Waals surface area contributed by atoms with Crippen LogP contribution >= 0.6 is 15.9 Å². The molecule has 0 N–H and O–H groups in total. The Morgan fingerprint density at radius 1 is 1.47 bits per heavy atom. The summed E-state index contributed by atoms with van der Waals surface area (Å²) in [6.07, 6.45) is 0. The predicted molar refractivity (Wildman–Crippen MR) is 65.5 cm³/mol. The molecule has 2 rings (SSSR count). The van der Waals surface area contributed by atoms with Gasteiger partial charge in [0.05, 0.1) is 12.3 Å². The van der Waals surface area contributed by atoms with Crippen LogP contribution in [0.2, 0.25) is 0 Å². The average Bonchev–Trinajstić information content (AvgIpc) is 2.69. The maximum absolute atomic E-state index is 11.7. The molecule has 7 heteroatoms. The lowest BCUT2D eigenvalue weighted by atomic mass is 10.1. The van der Waals surface area contributed by atoms with Crippen molar-refractivity contribution in [2.24, 2.45) is 7.05 Å². The molecule has 0 spiro atoms. The van der Waals surface area contributed by atoms with E-state index in [-0.39, 0.29) is 5.69 Å². The molecule has 0 amide bonds. The number of benzene rings is 1. The molecule has 1 aromatic carbocycles. The number of nitrogens with zero attached hydrogens (tertiary/aromatic N) is 5. The van der Waals surface area contributed by atoms with Gasteiger partial charge >= 0.3 is 5.69 Å². The first-order chi connectivity index (χ1) is 8.19. The lowest BCUT2D eigenvalue weighted by Gasteiger charge is -2.06. The number of halogens is 1. The Bertz CT molecular complexity index is 651. The second kappa shape index (κ2) is 4.51. The van der Waals surface area contributed by atoms with Crippen LogP contribution in [0.5, 0.6) is 0 Å². The summed E-state index contributed by atoms with van der Waals surface area (Å²) >= 11 is 3.31. The largest absolute Gasteiger partial charge is 0.368 e. The Hall–Kier alpha value is -1.94. The molecule has 0 aliphatic rings. The summed E-state index contributed by atoms with van der Waals surface area (Å²) in [7, 11) is 1.53. The van der Waals surface area contributed by atoms with Crippen molar-refractivity contribution in [2.75, 3.05) is 0 Å². The average molecular weight is 294 g/mol. The maximum atomic E-state index is 11.7. The van der Waals surface area contributed by atoms with Crippen molar-refractivity contribution in [1.82, 2.24) is 19.8 Å². The first kappa shape index (κ1) is 11.5. The van der Waals surface area contributed by atoms with Crippen molar-refractivity contribution in [1.29, 1.82) is 0 Å². The fourth-order valence-electron chi connectivity index (χ4n) is 1.47. The number of hydrogen-bond donors (Lipinski definition) is 0. The summed E-state index contributed by atoms with van der Waals surface area (Å²) < 4.78 is 2.33. The zero-order chi connectivity index (χ0) is 12.4. The lowest BCUT2D eigenvalue weighted by Crippen LogP contribution is -2.22. The van der Waals surface area contributed by atoms with Crippen LogP contribution in [0.15, 0.2) is 23.0 Å². The Labute approximate surface area is 105 Å². The molecule has 0 radical (unpaired) electrons. The summed E-state index contributed by atoms with van der Waals surface area (Å²) in [5, 5.41) is 7.89. The molecule has 0 aliphatic heterocycles. The van der Waals surface area contributed by atoms with E-state index in [4.69, 9.17) is 6.57 Å². The first-order valence-electron chi connectivity index (χ1n) is 4.73. The molecule has 0 bridgehead atoms. The van der Waals surface area contributed by atoms with Gasteiger partial charge in [-0.15, -0.1) is 0 Å². The van der Waals surface area contributed by atoms with Gasteiger partial charge in [0.2, 0.25) is 0 Å². The van der Waals surface area contributed by atoms with Crippen molar-refractivity contribution in [3.05, 3.63) is 45.7 Å². The third-order valence-electron chi connectivity index (χ3n) is 2.33. The summed E-state index contributed by atoms with van der Waals surface area (Å²) in [4.78, 5) is 15.2. The molecule has 17 heavy (non-hydrogen) atoms. The smallest absolute Gasteiger partial charge is 0.244 e. The molecule has 2 aromatic rings. The van der Waals surface area contributed by atoms with Crippen molar-refractivity contribution >= 4 is 21.6 Å². The van der Waals surface area contributed by atoms with E-state index < -0.39 is 0 Å². The maximum Gasteiger partial charge on any atom is 0.368 e. The number of rotatable bonds is 2. The van der Waals surface area contributed by atoms with E-state index in [2.05, 4.69) is 31.2 Å². The zero-order valence-corrected chi connectivity index (χ0v) is 10.5. The molecular weight excluding hydrogens is 286 g/mol. The van der Waals surface area contributed by atoms with Gasteiger partial charge in [0, 0.05) is 12.4 Å². The highest BCUT2D eigenvalue weighted by molar-refractivity contribution is 9.08. The van der Waals surface area contributed by atoms with Gasteiger partial charge in [-0.05, 0) is 22.1 Å². The summed E-state index contributed by atoms with van der Waals surface area (Å²) in [6, 6.07) is 5.16. The number of hydrogen-bond acceptors (Lipinski definition) is 3. The van der Waals surface area contributed by atoms with Crippen LogP contribution in [0.3, 0.4) is 0 Å². The van der Waals surface area contributed by atoms with Gasteiger partial charge in [-0.3, -0.25) is 0 Å². The lowest BCUT2D eigenvalue weighted by molar-refractivity contribution is 0.692. The highest BCUT2D eigenvalue weighted by Gasteiger charge is 2.13. The molecule has 1 heterocycles. The van der Waals surface area contributed by atoms with Crippen LogP contribution in [0.1, 0.15) is 5.56 Å². The number of tetrazole rings is 1. The quantitative estimate of drug-likeness (QED) is 0.621. The van der Waals surface area contributed by atoms with E-state index >= 15 is 0 Å². The SMILES string of the molecule is [C-]#[N+]c1cccc(-n2nnn(C)c2=O)c1CBr. The van der Waals surface area contributed by atoms with Gasteiger partial charge < -0.3 is 0 Å². The van der Waals surface area contributed by atoms with Crippen molar-refractivity contribution in [3.63, 3.8) is 0 Å². The van der Waals surface area contributed by atoms with E-state index in [1.54, 1.807) is 18.2 Å². The molecule has 0 aliphatic carbocycles. The molecule has 86 valence electrons. The van der Waals surface area contributed by atoms with Crippen molar-refractivity contribution in [3.8, 4) is 5.69 Å². The minimum atomic E-state index is -0.339. The monoisotopic (exact) mass is 293 g/mol. The fourth-order valence-corrected chi connectivity index (χ4v) is 2.04. The molecule has 6 nitrogen and oxygen atoms in total. The number of alkyl halides is 1. The van der Waals surface area contributed by atoms with Crippen molar-refractivity contribution in [2.45, 2.75) is 5.33 Å². The van der Waals surface area contributed by atoms with Crippen LogP contribution in [0, 0.1) is 6.57 Å². The second-order valence-electron chi connectivity index (χ2n) is 3.32. The Morgan fingerprint density at radius 3 is 2.76 bits per heavy atom. The number of aryl methyl sites for hydroxylation is 1. The molecule has 0 unspecified atom stereocenters. The minimum absolute atomic E-state index is 0.339. The minimum Gasteiger partial charge on any atom is -0.244 e. The van der Waals surface area contributed by atoms with Crippen molar-refractivity contribution < 1.29 is 0 Å². The highest BCUT2D eigenvalue weighted by atomic mass is 79.9. The van der Waals surface area contributed by atoms with E-state index in [1.807, 2.05) is 0 Å². The van der Waals surface area contributed by atoms with Gasteiger partial charge in [0.1, 0.15) is 0 Å². The molecule has 1 aromatic heterocycles. The third kappa shape index (κ3) is 1.87. The van der Waals surface area contributed by atoms with E-state index in [0.29, 0.717) is 16.7 Å². The fraction of sp³-hybridized carbons (Fsp3) is 0.200. The highest BCUT2D eigenvalue weighted by Crippen LogP contribution is 2.26. The summed E-state index contributed by atoms with van der Waals surface area (Å²) in [5.74, 6) is 0. The molecule has 0 saturated heterocycles. The van der Waals surface area contributed by atoms with E-state index in [0.717, 1.165) is 10.2 Å². The predicted octanol–water partition coefficient (Wildman–Crippen LogP) is 1.41. The van der Waals surface area contributed by atoms with Crippen LogP contribution in [-0.2, 0) is 12.4 Å². The molecule has 0 atom stereocenters. The van der Waals surface area contributed by atoms with Gasteiger partial charge in [0.15, 0.2) is 5.69 Å². The summed E-state index contributed by atoms with van der Waals surface area (Å²) in [5.41, 5.74) is 1.46. The van der Waals surface area contributed by atoms with Crippen LogP contribution in [-0.4, -0.2) is 19.8 Å². The van der Waals surface area contributed by atoms with Crippen LogP contribution < -0.4 is 5.69 Å². The molecule has 0 saturated carbocycles. The Balaban J connectivity index is 2.73. The standard InChI is InChI=1S/C10H8BrN5O/c1-12-8-4-3-5-9(7(8)6-11)16-10(17)15(2)13-14-16/h3-5H,6H2,2H3. The Morgan fingerprint density at radius 2 is 2.24 bits per heavy atom. The summed E-state index contributed by atoms with van der Waals surface area (Å²) in [6.45, 7) is 7.08. The van der Waals surface area contributed by atoms with Gasteiger partial charge in [-0.1, -0.05) is 28.1 Å². The third-order valence-corrected chi connectivity index (χ3v) is 2.89. The van der Waals surface area contributed by atoms with E-state index in [9.17, 15) is 4.79 Å². The van der Waals surface area contributed by atoms with E-state index in [1.165, 1.54) is 11.7 Å². The normalized spacial score (nSPS) is 10.2. The second-order valence-corrected chi connectivity index (χ2v) is 3.88. The van der Waals surface area contributed by atoms with Gasteiger partial charge in [-0.25, -0.2) is 9.64 Å². The topological polar surface area (TPSA) is 57.1 Å². The molecule has 0 fully saturated rings. The Kier molecular flexibility index (Phi) is 3.06. The number of aromatic nitrogens is 4. The van der Waals surface area contributed by atoms with Gasteiger partial charge in [-0.2, -0.15) is 9.36 Å². The first-order valence-corrected chi connectivity index (χ1v) is 5.86. The zero-order valence-electron chi connectivity index (χ0n) is 8.96. The van der Waals surface area contributed by atoms with Crippen LogP contribution in [0.4, 0.5) is 5.69 Å². The van der Waals surface area contributed by atoms with Gasteiger partial charge in [0.25, 0.3) is 0 Å².